The molecule has 0 aliphatic heterocycles. The number of nitrogens with zero attached hydrogens (tertiary/aromatic N) is 2. The molecule has 2 aromatic heterocycles. The zero-order chi connectivity index (χ0) is 16.9. The maximum Gasteiger partial charge on any atom is 0.287 e. The maximum atomic E-state index is 12.1. The van der Waals surface area contributed by atoms with Gasteiger partial charge in [0, 0.05) is 13.2 Å². The lowest BCUT2D eigenvalue weighted by atomic mass is 10.3. The van der Waals surface area contributed by atoms with Gasteiger partial charge >= 0.3 is 0 Å². The van der Waals surface area contributed by atoms with Gasteiger partial charge in [-0.05, 0) is 46.3 Å². The third-order valence-corrected chi connectivity index (χ3v) is 4.10. The highest BCUT2D eigenvalue weighted by atomic mass is 79.9. The molecule has 7 heteroatoms. The number of furan rings is 1. The monoisotopic (exact) mass is 389 g/mol. The number of aromatic nitrogens is 2. The quantitative estimate of drug-likeness (QED) is 0.702. The summed E-state index contributed by atoms with van der Waals surface area (Å²) in [5.74, 6) is 1.28. The van der Waals surface area contributed by atoms with E-state index in [0.29, 0.717) is 12.3 Å². The van der Waals surface area contributed by atoms with Crippen LogP contribution in [0, 0.1) is 0 Å². The van der Waals surface area contributed by atoms with Crippen molar-refractivity contribution in [2.75, 3.05) is 0 Å². The number of hydrogen-bond donors (Lipinski definition) is 1. The Morgan fingerprint density at radius 2 is 2.12 bits per heavy atom. The Bertz CT molecular complexity index is 841. The molecule has 3 aromatic rings. The Hall–Kier alpha value is -2.54. The highest BCUT2D eigenvalue weighted by molar-refractivity contribution is 9.10. The number of rotatable bonds is 6. The largest absolute Gasteiger partial charge is 0.484 e. The number of hydrogen-bond acceptors (Lipinski definition) is 4. The van der Waals surface area contributed by atoms with Gasteiger partial charge in [0.2, 0.25) is 0 Å². The van der Waals surface area contributed by atoms with E-state index in [0.717, 1.165) is 15.9 Å². The van der Waals surface area contributed by atoms with Crippen molar-refractivity contribution in [3.63, 3.8) is 0 Å². The van der Waals surface area contributed by atoms with Crippen LogP contribution in [0.1, 0.15) is 22.0 Å². The molecule has 6 nitrogen and oxygen atoms in total. The number of carbonyl (C=O) groups excluding carboxylic acids is 1. The molecule has 2 heterocycles. The Morgan fingerprint density at radius 3 is 2.88 bits per heavy atom. The smallest absolute Gasteiger partial charge is 0.287 e. The van der Waals surface area contributed by atoms with Crippen LogP contribution in [0.2, 0.25) is 0 Å². The molecule has 0 aliphatic rings. The molecule has 0 spiro atoms. The van der Waals surface area contributed by atoms with Crippen LogP contribution < -0.4 is 10.1 Å². The molecule has 0 fully saturated rings. The molecule has 0 bridgehead atoms. The maximum absolute atomic E-state index is 12.1. The van der Waals surface area contributed by atoms with Crippen molar-refractivity contribution in [3.8, 4) is 5.75 Å². The number of ether oxygens (including phenoxy) is 1. The van der Waals surface area contributed by atoms with Crippen molar-refractivity contribution in [2.45, 2.75) is 13.2 Å². The average molecular weight is 390 g/mol. The molecule has 0 aliphatic carbocycles. The minimum atomic E-state index is -0.275. The fourth-order valence-electron chi connectivity index (χ4n) is 2.12. The third-order valence-electron chi connectivity index (χ3n) is 3.44. The first kappa shape index (κ1) is 16.3. The molecule has 1 aromatic carbocycles. The van der Waals surface area contributed by atoms with Crippen molar-refractivity contribution in [1.29, 1.82) is 0 Å². The second kappa shape index (κ2) is 7.35. The van der Waals surface area contributed by atoms with E-state index in [1.165, 1.54) is 0 Å². The number of carbonyl (C=O) groups is 1. The summed E-state index contributed by atoms with van der Waals surface area (Å²) in [6.07, 6.45) is 1.69. The van der Waals surface area contributed by atoms with Crippen LogP contribution in [0.4, 0.5) is 0 Å². The van der Waals surface area contributed by atoms with Gasteiger partial charge in [0.1, 0.15) is 18.1 Å². The SMILES string of the molecule is Cn1nccc1CNC(=O)c1ccc(COc2ccccc2Br)o1. The first-order chi connectivity index (χ1) is 11.6. The molecule has 124 valence electrons. The van der Waals surface area contributed by atoms with Crippen molar-refractivity contribution < 1.29 is 13.9 Å². The lowest BCUT2D eigenvalue weighted by Gasteiger charge is -2.06. The normalized spacial score (nSPS) is 10.6. The van der Waals surface area contributed by atoms with E-state index in [4.69, 9.17) is 9.15 Å². The summed E-state index contributed by atoms with van der Waals surface area (Å²) in [5, 5.41) is 6.85. The Balaban J connectivity index is 1.56. The number of amides is 1. The summed E-state index contributed by atoms with van der Waals surface area (Å²) in [6.45, 7) is 0.635. The van der Waals surface area contributed by atoms with Crippen LogP contribution >= 0.6 is 15.9 Å². The average Bonchev–Trinajstić information content (AvgIpc) is 3.21. The standard InChI is InChI=1S/C17H16BrN3O3/c1-21-12(8-9-20-21)10-19-17(22)16-7-6-13(24-16)11-23-15-5-3-2-4-14(15)18/h2-9H,10-11H2,1H3,(H,19,22). The zero-order valence-corrected chi connectivity index (χ0v) is 14.6. The Labute approximate surface area is 147 Å². The number of para-hydroxylation sites is 1. The summed E-state index contributed by atoms with van der Waals surface area (Å²) in [7, 11) is 1.82. The second-order valence-corrected chi connectivity index (χ2v) is 5.97. The van der Waals surface area contributed by atoms with E-state index < -0.39 is 0 Å². The van der Waals surface area contributed by atoms with E-state index >= 15 is 0 Å². The molecule has 1 amide bonds. The number of nitrogens with one attached hydrogen (secondary N) is 1. The molecule has 0 atom stereocenters. The van der Waals surface area contributed by atoms with Crippen LogP contribution in [-0.2, 0) is 20.2 Å². The van der Waals surface area contributed by atoms with E-state index in [1.54, 1.807) is 23.0 Å². The van der Waals surface area contributed by atoms with Crippen molar-refractivity contribution in [2.24, 2.45) is 7.05 Å². The summed E-state index contributed by atoms with van der Waals surface area (Å²) < 4.78 is 13.8. The lowest BCUT2D eigenvalue weighted by Crippen LogP contribution is -2.23. The Kier molecular flexibility index (Phi) is 5.00. The summed E-state index contributed by atoms with van der Waals surface area (Å²) in [5.41, 5.74) is 0.910. The van der Waals surface area contributed by atoms with Gasteiger partial charge in [-0.15, -0.1) is 0 Å². The molecular formula is C17H16BrN3O3. The van der Waals surface area contributed by atoms with Gasteiger partial charge in [-0.25, -0.2) is 0 Å². The molecule has 24 heavy (non-hydrogen) atoms. The van der Waals surface area contributed by atoms with Crippen LogP contribution in [0.25, 0.3) is 0 Å². The zero-order valence-electron chi connectivity index (χ0n) is 13.0. The molecular weight excluding hydrogens is 374 g/mol. The lowest BCUT2D eigenvalue weighted by molar-refractivity contribution is 0.0918. The Morgan fingerprint density at radius 1 is 1.29 bits per heavy atom. The molecule has 0 saturated carbocycles. The van der Waals surface area contributed by atoms with Crippen molar-refractivity contribution >= 4 is 21.8 Å². The van der Waals surface area contributed by atoms with E-state index in [-0.39, 0.29) is 18.3 Å². The van der Waals surface area contributed by atoms with Crippen molar-refractivity contribution in [3.05, 3.63) is 70.3 Å². The number of halogens is 1. The highest BCUT2D eigenvalue weighted by Crippen LogP contribution is 2.24. The van der Waals surface area contributed by atoms with E-state index in [9.17, 15) is 4.79 Å². The van der Waals surface area contributed by atoms with Gasteiger partial charge in [-0.1, -0.05) is 12.1 Å². The van der Waals surface area contributed by atoms with Crippen LogP contribution in [-0.4, -0.2) is 15.7 Å². The van der Waals surface area contributed by atoms with Crippen LogP contribution in [0.5, 0.6) is 5.75 Å². The van der Waals surface area contributed by atoms with Gasteiger partial charge in [-0.2, -0.15) is 5.10 Å². The summed E-state index contributed by atoms with van der Waals surface area (Å²) >= 11 is 3.42. The first-order valence-electron chi connectivity index (χ1n) is 7.34. The third kappa shape index (κ3) is 3.86. The summed E-state index contributed by atoms with van der Waals surface area (Å²) in [4.78, 5) is 12.1. The van der Waals surface area contributed by atoms with Gasteiger partial charge < -0.3 is 14.5 Å². The second-order valence-electron chi connectivity index (χ2n) is 5.11. The van der Waals surface area contributed by atoms with E-state index in [1.807, 2.05) is 37.4 Å². The van der Waals surface area contributed by atoms with Gasteiger partial charge in [0.25, 0.3) is 5.91 Å². The predicted molar refractivity (Wildman–Crippen MR) is 91.6 cm³/mol. The topological polar surface area (TPSA) is 69.3 Å². The predicted octanol–water partition coefficient (Wildman–Crippen LogP) is 3.28. The van der Waals surface area contributed by atoms with E-state index in [2.05, 4.69) is 26.3 Å². The molecule has 0 saturated heterocycles. The fourth-order valence-corrected chi connectivity index (χ4v) is 2.52. The van der Waals surface area contributed by atoms with Gasteiger partial charge in [0.05, 0.1) is 16.7 Å². The van der Waals surface area contributed by atoms with Gasteiger partial charge in [-0.3, -0.25) is 9.48 Å². The molecule has 0 radical (unpaired) electrons. The van der Waals surface area contributed by atoms with Crippen molar-refractivity contribution in [1.82, 2.24) is 15.1 Å². The minimum absolute atomic E-state index is 0.248. The molecule has 3 rings (SSSR count). The molecule has 1 N–H and O–H groups in total. The highest BCUT2D eigenvalue weighted by Gasteiger charge is 2.12. The molecule has 0 unspecified atom stereocenters. The van der Waals surface area contributed by atoms with Crippen LogP contribution in [0.3, 0.4) is 0 Å². The minimum Gasteiger partial charge on any atom is -0.484 e. The number of benzene rings is 1. The number of aryl methyl sites for hydroxylation is 1. The van der Waals surface area contributed by atoms with Crippen LogP contribution in [0.15, 0.2) is 57.6 Å². The summed E-state index contributed by atoms with van der Waals surface area (Å²) in [6, 6.07) is 12.8. The van der Waals surface area contributed by atoms with Gasteiger partial charge in [0.15, 0.2) is 5.76 Å². The fraction of sp³-hybridized carbons (Fsp3) is 0.176. The first-order valence-corrected chi connectivity index (χ1v) is 8.14.